The molecule has 5 nitrogen and oxygen atoms in total. The maximum absolute atomic E-state index is 13.5. The normalized spacial score (nSPS) is 10.4. The molecule has 0 amide bonds. The molecule has 2 aromatic rings. The minimum atomic E-state index is -1.02. The Morgan fingerprint density at radius 1 is 1.03 bits per heavy atom. The number of benzene rings is 1. The molecule has 0 aliphatic rings. The first kappa shape index (κ1) is 22.4. The molecular formula is C23H27FN2O3. The number of pyridine rings is 1. The van der Waals surface area contributed by atoms with Crippen LogP contribution in [0.25, 0.3) is 0 Å². The van der Waals surface area contributed by atoms with Crippen molar-refractivity contribution < 1.29 is 18.7 Å². The van der Waals surface area contributed by atoms with Crippen molar-refractivity contribution in [3.05, 3.63) is 53.5 Å². The molecule has 0 atom stereocenters. The van der Waals surface area contributed by atoms with E-state index in [0.29, 0.717) is 0 Å². The van der Waals surface area contributed by atoms with Gasteiger partial charge in [0.2, 0.25) is 5.88 Å². The third-order valence-electron chi connectivity index (χ3n) is 4.57. The van der Waals surface area contributed by atoms with E-state index in [1.54, 1.807) is 18.3 Å². The first-order chi connectivity index (χ1) is 14.1. The lowest BCUT2D eigenvalue weighted by Gasteiger charge is -2.06. The summed E-state index contributed by atoms with van der Waals surface area (Å²) in [6.07, 6.45) is 11.8. The van der Waals surface area contributed by atoms with Gasteiger partial charge in [0.15, 0.2) is 0 Å². The molecule has 2 rings (SSSR count). The number of aromatic nitrogens is 1. The fraction of sp³-hybridized carbons (Fsp3) is 0.435. The van der Waals surface area contributed by atoms with Crippen LogP contribution in [-0.4, -0.2) is 11.1 Å². The highest BCUT2D eigenvalue weighted by Crippen LogP contribution is 2.18. The molecule has 0 N–H and O–H groups in total. The maximum atomic E-state index is 13.5. The van der Waals surface area contributed by atoms with Gasteiger partial charge < -0.3 is 9.47 Å². The summed E-state index contributed by atoms with van der Waals surface area (Å²) in [7, 11) is 0. The topological polar surface area (TPSA) is 72.2 Å². The molecule has 1 aromatic carbocycles. The summed E-state index contributed by atoms with van der Waals surface area (Å²) in [6.45, 7) is 2.23. The van der Waals surface area contributed by atoms with E-state index in [0.717, 1.165) is 24.5 Å². The standard InChI is InChI=1S/C23H27FN2O3/c1-2-3-4-5-6-7-8-9-10-18-11-14-22(26-17-18)29-23(27)28-20-13-12-19(16-25)21(24)15-20/h11-15,17H,2-10H2,1H3. The van der Waals surface area contributed by atoms with Crippen LogP contribution in [-0.2, 0) is 6.42 Å². The Morgan fingerprint density at radius 3 is 2.38 bits per heavy atom. The van der Waals surface area contributed by atoms with Crippen molar-refractivity contribution in [2.45, 2.75) is 64.7 Å². The molecule has 0 aliphatic heterocycles. The van der Waals surface area contributed by atoms with E-state index in [1.807, 2.05) is 6.07 Å². The number of hydrogen-bond acceptors (Lipinski definition) is 5. The average molecular weight is 398 g/mol. The van der Waals surface area contributed by atoms with Gasteiger partial charge in [-0.1, -0.05) is 57.9 Å². The molecule has 0 fully saturated rings. The summed E-state index contributed by atoms with van der Waals surface area (Å²) in [4.78, 5) is 15.9. The van der Waals surface area contributed by atoms with Crippen LogP contribution in [0.4, 0.5) is 9.18 Å². The van der Waals surface area contributed by atoms with E-state index in [-0.39, 0.29) is 17.2 Å². The van der Waals surface area contributed by atoms with E-state index in [2.05, 4.69) is 11.9 Å². The van der Waals surface area contributed by atoms with Gasteiger partial charge in [-0.15, -0.1) is 0 Å². The Hall–Kier alpha value is -2.94. The molecule has 0 radical (unpaired) electrons. The number of carbonyl (C=O) groups excluding carboxylic acids is 1. The molecule has 6 heteroatoms. The Labute approximate surface area is 171 Å². The zero-order valence-electron chi connectivity index (χ0n) is 16.8. The Kier molecular flexibility index (Phi) is 9.64. The second kappa shape index (κ2) is 12.5. The minimum Gasteiger partial charge on any atom is -0.395 e. The summed E-state index contributed by atoms with van der Waals surface area (Å²) in [5, 5.41) is 8.70. The van der Waals surface area contributed by atoms with Crippen LogP contribution in [0.5, 0.6) is 11.6 Å². The van der Waals surface area contributed by atoms with Gasteiger partial charge in [0.05, 0.1) is 5.56 Å². The van der Waals surface area contributed by atoms with Crippen molar-refractivity contribution in [3.8, 4) is 17.7 Å². The number of carbonyl (C=O) groups is 1. The lowest BCUT2D eigenvalue weighted by molar-refractivity contribution is 0.150. The van der Waals surface area contributed by atoms with Crippen LogP contribution in [0.15, 0.2) is 36.5 Å². The van der Waals surface area contributed by atoms with E-state index >= 15 is 0 Å². The van der Waals surface area contributed by atoms with Crippen LogP contribution in [0.1, 0.15) is 69.4 Å². The zero-order chi connectivity index (χ0) is 20.9. The number of unbranched alkanes of at least 4 members (excludes halogenated alkanes) is 7. The Balaban J connectivity index is 1.69. The van der Waals surface area contributed by atoms with Crippen LogP contribution in [0.2, 0.25) is 0 Å². The lowest BCUT2D eigenvalue weighted by Crippen LogP contribution is -2.14. The molecule has 0 aliphatic carbocycles. The first-order valence-electron chi connectivity index (χ1n) is 10.2. The zero-order valence-corrected chi connectivity index (χ0v) is 16.8. The van der Waals surface area contributed by atoms with Crippen molar-refractivity contribution in [1.29, 1.82) is 5.26 Å². The van der Waals surface area contributed by atoms with Gasteiger partial charge in [-0.25, -0.2) is 14.2 Å². The number of halogens is 1. The largest absolute Gasteiger partial charge is 0.520 e. The van der Waals surface area contributed by atoms with Gasteiger partial charge in [0.1, 0.15) is 17.6 Å². The summed E-state index contributed by atoms with van der Waals surface area (Å²) in [5.74, 6) is -0.692. The van der Waals surface area contributed by atoms with Gasteiger partial charge in [-0.3, -0.25) is 0 Å². The number of hydrogen-bond donors (Lipinski definition) is 0. The fourth-order valence-corrected chi connectivity index (χ4v) is 2.93. The van der Waals surface area contributed by atoms with Crippen molar-refractivity contribution in [3.63, 3.8) is 0 Å². The molecule has 0 unspecified atom stereocenters. The highest BCUT2D eigenvalue weighted by Gasteiger charge is 2.11. The summed E-state index contributed by atoms with van der Waals surface area (Å²) in [5.41, 5.74) is 0.963. The second-order valence-corrected chi connectivity index (χ2v) is 6.94. The second-order valence-electron chi connectivity index (χ2n) is 6.94. The van der Waals surface area contributed by atoms with Gasteiger partial charge >= 0.3 is 6.16 Å². The van der Waals surface area contributed by atoms with Crippen LogP contribution in [0, 0.1) is 17.1 Å². The highest BCUT2D eigenvalue weighted by atomic mass is 19.1. The summed E-state index contributed by atoms with van der Waals surface area (Å²) >= 11 is 0. The van der Waals surface area contributed by atoms with E-state index < -0.39 is 12.0 Å². The SMILES string of the molecule is CCCCCCCCCCc1ccc(OC(=O)Oc2ccc(C#N)c(F)c2)nc1. The highest BCUT2D eigenvalue weighted by molar-refractivity contribution is 5.66. The molecule has 0 bridgehead atoms. The molecule has 0 saturated heterocycles. The molecule has 29 heavy (non-hydrogen) atoms. The quantitative estimate of drug-likeness (QED) is 0.250. The number of rotatable bonds is 11. The third-order valence-corrected chi connectivity index (χ3v) is 4.57. The predicted molar refractivity (Wildman–Crippen MR) is 108 cm³/mol. The number of aryl methyl sites for hydroxylation is 1. The van der Waals surface area contributed by atoms with Gasteiger partial charge in [0.25, 0.3) is 0 Å². The van der Waals surface area contributed by atoms with Gasteiger partial charge in [0, 0.05) is 18.3 Å². The number of nitrogens with zero attached hydrogens (tertiary/aromatic N) is 2. The first-order valence-corrected chi connectivity index (χ1v) is 10.2. The van der Waals surface area contributed by atoms with Crippen molar-refractivity contribution >= 4 is 6.16 Å². The number of nitriles is 1. The Bertz CT molecular complexity index is 816. The molecule has 1 heterocycles. The van der Waals surface area contributed by atoms with Crippen LogP contribution in [0.3, 0.4) is 0 Å². The Morgan fingerprint density at radius 2 is 1.76 bits per heavy atom. The summed E-state index contributed by atoms with van der Waals surface area (Å²) in [6, 6.07) is 8.69. The van der Waals surface area contributed by atoms with Crippen molar-refractivity contribution in [2.75, 3.05) is 0 Å². The maximum Gasteiger partial charge on any atom is 0.520 e. The van der Waals surface area contributed by atoms with Crippen molar-refractivity contribution in [2.24, 2.45) is 0 Å². The molecule has 154 valence electrons. The van der Waals surface area contributed by atoms with E-state index in [1.165, 1.54) is 57.1 Å². The molecule has 0 spiro atoms. The van der Waals surface area contributed by atoms with Gasteiger partial charge in [-0.05, 0) is 30.5 Å². The smallest absolute Gasteiger partial charge is 0.395 e. The van der Waals surface area contributed by atoms with E-state index in [9.17, 15) is 9.18 Å². The fourth-order valence-electron chi connectivity index (χ4n) is 2.93. The average Bonchev–Trinajstić information content (AvgIpc) is 2.71. The van der Waals surface area contributed by atoms with Crippen LogP contribution < -0.4 is 9.47 Å². The summed E-state index contributed by atoms with van der Waals surface area (Å²) < 4.78 is 23.4. The van der Waals surface area contributed by atoms with Crippen molar-refractivity contribution in [1.82, 2.24) is 4.98 Å². The minimum absolute atomic E-state index is 0.0437. The van der Waals surface area contributed by atoms with Crippen LogP contribution >= 0.6 is 0 Å². The molecular weight excluding hydrogens is 371 g/mol. The van der Waals surface area contributed by atoms with E-state index in [4.69, 9.17) is 14.7 Å². The van der Waals surface area contributed by atoms with Gasteiger partial charge in [-0.2, -0.15) is 5.26 Å². The monoisotopic (exact) mass is 398 g/mol. The molecule has 0 saturated carbocycles. The molecule has 1 aromatic heterocycles. The lowest BCUT2D eigenvalue weighted by atomic mass is 10.1. The predicted octanol–water partition coefficient (Wildman–Crippen LogP) is 6.35. The number of ether oxygens (including phenoxy) is 2. The third kappa shape index (κ3) is 8.30.